The van der Waals surface area contributed by atoms with Gasteiger partial charge in [-0.1, -0.05) is 24.3 Å². The smallest absolute Gasteiger partial charge is 0.264 e. The van der Waals surface area contributed by atoms with Crippen molar-refractivity contribution in [3.63, 3.8) is 0 Å². The van der Waals surface area contributed by atoms with Crippen LogP contribution in [0.5, 0.6) is 11.5 Å². The lowest BCUT2D eigenvalue weighted by molar-refractivity contribution is -0.119. The Kier molecular flexibility index (Phi) is 10.9. The maximum absolute atomic E-state index is 13.7. The molecule has 0 atom stereocenters. The zero-order valence-corrected chi connectivity index (χ0v) is 24.0. The van der Waals surface area contributed by atoms with Gasteiger partial charge in [-0.15, -0.1) is 11.8 Å². The minimum absolute atomic E-state index is 0.0973. The Balaban J connectivity index is 1.73. The number of aryl methyl sites for hydroxylation is 1. The van der Waals surface area contributed by atoms with E-state index < -0.39 is 15.9 Å². The second kappa shape index (κ2) is 14.1. The van der Waals surface area contributed by atoms with Crippen LogP contribution in [0.4, 0.5) is 5.69 Å². The fourth-order valence-electron chi connectivity index (χ4n) is 3.87. The molecule has 0 aliphatic rings. The predicted octanol–water partition coefficient (Wildman–Crippen LogP) is 5.54. The third-order valence-electron chi connectivity index (χ3n) is 5.60. The van der Waals surface area contributed by atoms with Gasteiger partial charge >= 0.3 is 0 Å². The fraction of sp³-hybridized carbons (Fsp3) is 0.345. The van der Waals surface area contributed by atoms with Crippen molar-refractivity contribution < 1.29 is 22.7 Å². The van der Waals surface area contributed by atoms with Crippen molar-refractivity contribution in [3.8, 4) is 11.5 Å². The first-order chi connectivity index (χ1) is 18.2. The van der Waals surface area contributed by atoms with Crippen LogP contribution in [0.3, 0.4) is 0 Å². The molecule has 0 radical (unpaired) electrons. The number of para-hydroxylation sites is 2. The highest BCUT2D eigenvalue weighted by Gasteiger charge is 2.29. The van der Waals surface area contributed by atoms with Crippen molar-refractivity contribution in [2.45, 2.75) is 49.5 Å². The van der Waals surface area contributed by atoms with Crippen LogP contribution in [0, 0.1) is 0 Å². The number of amides is 1. The molecule has 0 aliphatic heterocycles. The van der Waals surface area contributed by atoms with Gasteiger partial charge in [0.2, 0.25) is 5.91 Å². The van der Waals surface area contributed by atoms with Crippen LogP contribution >= 0.6 is 11.8 Å². The molecule has 3 aromatic carbocycles. The standard InChI is InChI=1S/C29H36N2O5S2/c1-5-35-28-14-7-6-13-27(28)31(38(33,34)26-17-15-25(37-4)16-18-26)21-29(32)30-19-9-11-23-10-8-12-24(20-23)36-22(2)3/h6-8,10,12-18,20,22H,5,9,11,19,21H2,1-4H3,(H,30,32). The van der Waals surface area contributed by atoms with Crippen molar-refractivity contribution in [1.82, 2.24) is 5.32 Å². The van der Waals surface area contributed by atoms with Crippen LogP contribution in [0.1, 0.15) is 32.8 Å². The highest BCUT2D eigenvalue weighted by Crippen LogP contribution is 2.33. The van der Waals surface area contributed by atoms with E-state index in [2.05, 4.69) is 5.32 Å². The largest absolute Gasteiger partial charge is 0.492 e. The second-order valence-corrected chi connectivity index (χ2v) is 11.6. The number of thioether (sulfide) groups is 1. The Morgan fingerprint density at radius 1 is 1.03 bits per heavy atom. The van der Waals surface area contributed by atoms with Crippen LogP contribution < -0.4 is 19.1 Å². The molecule has 9 heteroatoms. The monoisotopic (exact) mass is 556 g/mol. The molecule has 1 N–H and O–H groups in total. The van der Waals surface area contributed by atoms with Crippen LogP contribution in [-0.4, -0.2) is 46.4 Å². The lowest BCUT2D eigenvalue weighted by atomic mass is 10.1. The molecule has 0 aliphatic carbocycles. The van der Waals surface area contributed by atoms with E-state index in [0.29, 0.717) is 31.0 Å². The van der Waals surface area contributed by atoms with Gasteiger partial charge in [0.05, 0.1) is 23.3 Å². The lowest BCUT2D eigenvalue weighted by Crippen LogP contribution is -2.41. The number of anilines is 1. The number of carbonyl (C=O) groups is 1. The van der Waals surface area contributed by atoms with E-state index in [9.17, 15) is 13.2 Å². The summed E-state index contributed by atoms with van der Waals surface area (Å²) in [6.07, 6.45) is 3.48. The molecule has 7 nitrogen and oxygen atoms in total. The normalized spacial score (nSPS) is 11.3. The van der Waals surface area contributed by atoms with Gasteiger partial charge in [-0.3, -0.25) is 9.10 Å². The number of hydrogen-bond donors (Lipinski definition) is 1. The van der Waals surface area contributed by atoms with E-state index in [1.54, 1.807) is 48.5 Å². The van der Waals surface area contributed by atoms with Gasteiger partial charge in [0.1, 0.15) is 18.0 Å². The molecule has 204 valence electrons. The first kappa shape index (κ1) is 29.4. The summed E-state index contributed by atoms with van der Waals surface area (Å²) >= 11 is 1.53. The van der Waals surface area contributed by atoms with E-state index in [4.69, 9.17) is 9.47 Å². The second-order valence-electron chi connectivity index (χ2n) is 8.86. The lowest BCUT2D eigenvalue weighted by Gasteiger charge is -2.26. The number of nitrogens with one attached hydrogen (secondary N) is 1. The molecule has 0 spiro atoms. The summed E-state index contributed by atoms with van der Waals surface area (Å²) in [6.45, 7) is 6.21. The fourth-order valence-corrected chi connectivity index (χ4v) is 5.71. The van der Waals surface area contributed by atoms with Gasteiger partial charge in [-0.25, -0.2) is 8.42 Å². The molecule has 0 aromatic heterocycles. The number of nitrogens with zero attached hydrogens (tertiary/aromatic N) is 1. The van der Waals surface area contributed by atoms with Crippen molar-refractivity contribution in [2.75, 3.05) is 30.3 Å². The number of carbonyl (C=O) groups excluding carboxylic acids is 1. The highest BCUT2D eigenvalue weighted by atomic mass is 32.2. The SMILES string of the molecule is CCOc1ccccc1N(CC(=O)NCCCc1cccc(OC(C)C)c1)S(=O)(=O)c1ccc(SC)cc1. The average molecular weight is 557 g/mol. The van der Waals surface area contributed by atoms with Crippen LogP contribution in [-0.2, 0) is 21.2 Å². The van der Waals surface area contributed by atoms with Crippen LogP contribution in [0.15, 0.2) is 82.6 Å². The van der Waals surface area contributed by atoms with Gasteiger partial charge in [0.25, 0.3) is 10.0 Å². The third-order valence-corrected chi connectivity index (χ3v) is 8.12. The summed E-state index contributed by atoms with van der Waals surface area (Å²) in [6, 6.07) is 21.4. The van der Waals surface area contributed by atoms with E-state index in [-0.39, 0.29) is 17.5 Å². The Bertz CT molecular complexity index is 1290. The molecule has 3 aromatic rings. The van der Waals surface area contributed by atoms with Crippen molar-refractivity contribution in [1.29, 1.82) is 0 Å². The van der Waals surface area contributed by atoms with Gasteiger partial charge in [-0.05, 0) is 94.0 Å². The number of ether oxygens (including phenoxy) is 2. The first-order valence-electron chi connectivity index (χ1n) is 12.7. The summed E-state index contributed by atoms with van der Waals surface area (Å²) < 4.78 is 40.0. The molecule has 0 saturated carbocycles. The summed E-state index contributed by atoms with van der Waals surface area (Å²) in [5.74, 6) is 0.828. The average Bonchev–Trinajstić information content (AvgIpc) is 2.90. The molecular weight excluding hydrogens is 520 g/mol. The van der Waals surface area contributed by atoms with E-state index in [1.807, 2.05) is 51.3 Å². The van der Waals surface area contributed by atoms with Crippen molar-refractivity contribution >= 4 is 33.4 Å². The number of hydrogen-bond acceptors (Lipinski definition) is 6. The molecular formula is C29H36N2O5S2. The molecule has 0 unspecified atom stereocenters. The number of sulfonamides is 1. The van der Waals surface area contributed by atoms with Crippen molar-refractivity contribution in [3.05, 3.63) is 78.4 Å². The predicted molar refractivity (Wildman–Crippen MR) is 154 cm³/mol. The summed E-state index contributed by atoms with van der Waals surface area (Å²) in [7, 11) is -4.03. The van der Waals surface area contributed by atoms with E-state index >= 15 is 0 Å². The Morgan fingerprint density at radius 3 is 2.45 bits per heavy atom. The molecule has 0 bridgehead atoms. The molecule has 0 heterocycles. The van der Waals surface area contributed by atoms with Gasteiger partial charge < -0.3 is 14.8 Å². The Hall–Kier alpha value is -3.17. The third kappa shape index (κ3) is 8.16. The summed E-state index contributed by atoms with van der Waals surface area (Å²) in [5.41, 5.74) is 1.43. The quantitative estimate of drug-likeness (QED) is 0.207. The van der Waals surface area contributed by atoms with E-state index in [1.165, 1.54) is 11.8 Å². The molecule has 38 heavy (non-hydrogen) atoms. The highest BCUT2D eigenvalue weighted by molar-refractivity contribution is 7.98. The minimum Gasteiger partial charge on any atom is -0.492 e. The molecule has 0 saturated heterocycles. The maximum atomic E-state index is 13.7. The van der Waals surface area contributed by atoms with Gasteiger partial charge in [0, 0.05) is 11.4 Å². The summed E-state index contributed by atoms with van der Waals surface area (Å²) in [4.78, 5) is 14.0. The van der Waals surface area contributed by atoms with Crippen LogP contribution in [0.25, 0.3) is 0 Å². The zero-order chi connectivity index (χ0) is 27.5. The maximum Gasteiger partial charge on any atom is 0.264 e. The van der Waals surface area contributed by atoms with E-state index in [0.717, 1.165) is 26.9 Å². The van der Waals surface area contributed by atoms with Gasteiger partial charge in [0.15, 0.2) is 0 Å². The Labute approximate surface area is 230 Å². The zero-order valence-electron chi connectivity index (χ0n) is 22.3. The molecule has 0 fully saturated rings. The van der Waals surface area contributed by atoms with Gasteiger partial charge in [-0.2, -0.15) is 0 Å². The number of benzene rings is 3. The number of rotatable bonds is 14. The first-order valence-corrected chi connectivity index (χ1v) is 15.3. The molecule has 1 amide bonds. The topological polar surface area (TPSA) is 84.9 Å². The summed E-state index contributed by atoms with van der Waals surface area (Å²) in [5, 5.41) is 2.87. The van der Waals surface area contributed by atoms with Crippen molar-refractivity contribution in [2.24, 2.45) is 0 Å². The minimum atomic E-state index is -4.03. The Morgan fingerprint density at radius 2 is 1.76 bits per heavy atom. The van der Waals surface area contributed by atoms with Crippen LogP contribution in [0.2, 0.25) is 0 Å². The molecule has 3 rings (SSSR count).